The van der Waals surface area contributed by atoms with E-state index in [1.807, 2.05) is 11.7 Å². The van der Waals surface area contributed by atoms with Gasteiger partial charge in [-0.25, -0.2) is 0 Å². The van der Waals surface area contributed by atoms with E-state index in [0.29, 0.717) is 6.04 Å². The fraction of sp³-hybridized carbons (Fsp3) is 0.786. The van der Waals surface area contributed by atoms with Crippen molar-refractivity contribution in [1.82, 2.24) is 14.7 Å². The molecular formula is C14H27N5. The smallest absolute Gasteiger partial charge is 0.130 e. The summed E-state index contributed by atoms with van der Waals surface area (Å²) in [5.74, 6) is 1.26. The molecule has 0 aromatic carbocycles. The van der Waals surface area contributed by atoms with E-state index in [2.05, 4.69) is 42.7 Å². The van der Waals surface area contributed by atoms with E-state index < -0.39 is 0 Å². The Hall–Kier alpha value is -1.07. The van der Waals surface area contributed by atoms with Gasteiger partial charge in [-0.2, -0.15) is 5.10 Å². The van der Waals surface area contributed by atoms with E-state index in [-0.39, 0.29) is 6.04 Å². The summed E-state index contributed by atoms with van der Waals surface area (Å²) in [4.78, 5) is 4.87. The van der Waals surface area contributed by atoms with Crippen LogP contribution in [0, 0.1) is 6.92 Å². The Balaban J connectivity index is 2.28. The zero-order valence-corrected chi connectivity index (χ0v) is 12.8. The average molecular weight is 265 g/mol. The summed E-state index contributed by atoms with van der Waals surface area (Å²) in [5, 5.41) is 4.59. The van der Waals surface area contributed by atoms with Gasteiger partial charge in [0.2, 0.25) is 0 Å². The molecule has 0 saturated carbocycles. The van der Waals surface area contributed by atoms with Crippen LogP contribution in [0.25, 0.3) is 0 Å². The van der Waals surface area contributed by atoms with Crippen LogP contribution < -0.4 is 10.6 Å². The van der Waals surface area contributed by atoms with Gasteiger partial charge in [-0.1, -0.05) is 0 Å². The van der Waals surface area contributed by atoms with Gasteiger partial charge in [0.05, 0.1) is 5.69 Å². The molecule has 1 aliphatic rings. The first-order valence-electron chi connectivity index (χ1n) is 7.13. The molecule has 2 unspecified atom stereocenters. The summed E-state index contributed by atoms with van der Waals surface area (Å²) in [5.41, 5.74) is 8.41. The zero-order chi connectivity index (χ0) is 14.2. The number of nitrogens with zero attached hydrogens (tertiary/aromatic N) is 4. The third-order valence-electron chi connectivity index (χ3n) is 4.10. The summed E-state index contributed by atoms with van der Waals surface area (Å²) in [6.07, 6.45) is 0.899. The molecular weight excluding hydrogens is 238 g/mol. The SMILES string of the molecule is Cc1nn(C)c(N2CCN(C)C(C)C2)c1CC(C)N. The van der Waals surface area contributed by atoms with E-state index in [4.69, 9.17) is 5.73 Å². The van der Waals surface area contributed by atoms with Crippen LogP contribution in [-0.2, 0) is 13.5 Å². The molecule has 0 aliphatic carbocycles. The van der Waals surface area contributed by atoms with Crippen molar-refractivity contribution in [2.24, 2.45) is 12.8 Å². The molecule has 108 valence electrons. The van der Waals surface area contributed by atoms with Gasteiger partial charge in [-0.3, -0.25) is 4.68 Å². The van der Waals surface area contributed by atoms with Crippen molar-refractivity contribution in [3.8, 4) is 0 Å². The number of hydrogen-bond acceptors (Lipinski definition) is 4. The third kappa shape index (κ3) is 2.92. The Labute approximate surface area is 116 Å². The van der Waals surface area contributed by atoms with Crippen LogP contribution in [0.5, 0.6) is 0 Å². The molecule has 19 heavy (non-hydrogen) atoms. The minimum Gasteiger partial charge on any atom is -0.354 e. The van der Waals surface area contributed by atoms with Crippen LogP contribution in [0.3, 0.4) is 0 Å². The van der Waals surface area contributed by atoms with Gasteiger partial charge in [0.1, 0.15) is 5.82 Å². The predicted molar refractivity (Wildman–Crippen MR) is 79.6 cm³/mol. The van der Waals surface area contributed by atoms with Crippen LogP contribution >= 0.6 is 0 Å². The second-order valence-electron chi connectivity index (χ2n) is 5.97. The Morgan fingerprint density at radius 1 is 1.37 bits per heavy atom. The fourth-order valence-electron chi connectivity index (χ4n) is 2.89. The van der Waals surface area contributed by atoms with E-state index in [1.165, 1.54) is 11.4 Å². The highest BCUT2D eigenvalue weighted by molar-refractivity contribution is 5.51. The first-order valence-corrected chi connectivity index (χ1v) is 7.13. The van der Waals surface area contributed by atoms with Crippen LogP contribution in [0.2, 0.25) is 0 Å². The van der Waals surface area contributed by atoms with Gasteiger partial charge in [-0.15, -0.1) is 0 Å². The van der Waals surface area contributed by atoms with E-state index in [9.17, 15) is 0 Å². The minimum absolute atomic E-state index is 0.173. The van der Waals surface area contributed by atoms with Gasteiger partial charge < -0.3 is 15.5 Å². The lowest BCUT2D eigenvalue weighted by Crippen LogP contribution is -2.50. The molecule has 2 rings (SSSR count). The van der Waals surface area contributed by atoms with E-state index >= 15 is 0 Å². The fourth-order valence-corrected chi connectivity index (χ4v) is 2.89. The number of piperazine rings is 1. The topological polar surface area (TPSA) is 50.3 Å². The van der Waals surface area contributed by atoms with E-state index in [0.717, 1.165) is 31.7 Å². The molecule has 5 nitrogen and oxygen atoms in total. The lowest BCUT2D eigenvalue weighted by Gasteiger charge is -2.39. The molecule has 1 fully saturated rings. The van der Waals surface area contributed by atoms with Crippen molar-refractivity contribution in [1.29, 1.82) is 0 Å². The second kappa shape index (κ2) is 5.51. The van der Waals surface area contributed by atoms with Crippen LogP contribution in [0.4, 0.5) is 5.82 Å². The molecule has 0 spiro atoms. The van der Waals surface area contributed by atoms with Crippen molar-refractivity contribution in [2.75, 3.05) is 31.6 Å². The average Bonchev–Trinajstić information content (AvgIpc) is 2.57. The van der Waals surface area contributed by atoms with Gasteiger partial charge in [0, 0.05) is 44.3 Å². The Bertz CT molecular complexity index is 437. The summed E-state index contributed by atoms with van der Waals surface area (Å²) < 4.78 is 2.02. The number of anilines is 1. The maximum Gasteiger partial charge on any atom is 0.130 e. The Morgan fingerprint density at radius 3 is 2.63 bits per heavy atom. The van der Waals surface area contributed by atoms with Crippen molar-refractivity contribution >= 4 is 5.82 Å². The normalized spacial score (nSPS) is 22.8. The summed E-state index contributed by atoms with van der Waals surface area (Å²) in [7, 11) is 4.23. The van der Waals surface area contributed by atoms with Crippen LogP contribution in [0.1, 0.15) is 25.1 Å². The third-order valence-corrected chi connectivity index (χ3v) is 4.10. The summed E-state index contributed by atoms with van der Waals surface area (Å²) in [6, 6.07) is 0.749. The lowest BCUT2D eigenvalue weighted by molar-refractivity contribution is 0.232. The number of likely N-dealkylation sites (N-methyl/N-ethyl adjacent to an activating group) is 1. The van der Waals surface area contributed by atoms with Crippen molar-refractivity contribution in [3.63, 3.8) is 0 Å². The monoisotopic (exact) mass is 265 g/mol. The van der Waals surface area contributed by atoms with Gasteiger partial charge in [-0.05, 0) is 34.2 Å². The highest BCUT2D eigenvalue weighted by Crippen LogP contribution is 2.26. The first kappa shape index (κ1) is 14.3. The van der Waals surface area contributed by atoms with Gasteiger partial charge >= 0.3 is 0 Å². The number of nitrogens with two attached hydrogens (primary N) is 1. The standard InChI is InChI=1S/C14H27N5/c1-10(15)8-13-12(3)16-18(5)14(13)19-7-6-17(4)11(2)9-19/h10-11H,6-9,15H2,1-5H3. The Kier molecular flexibility index (Phi) is 4.16. The highest BCUT2D eigenvalue weighted by atomic mass is 15.4. The molecule has 2 N–H and O–H groups in total. The number of hydrogen-bond donors (Lipinski definition) is 1. The molecule has 0 radical (unpaired) electrons. The zero-order valence-electron chi connectivity index (χ0n) is 12.8. The maximum absolute atomic E-state index is 5.99. The molecule has 1 aromatic rings. The summed E-state index contributed by atoms with van der Waals surface area (Å²) in [6.45, 7) is 9.64. The van der Waals surface area contributed by atoms with Crippen molar-refractivity contribution in [2.45, 2.75) is 39.3 Å². The quantitative estimate of drug-likeness (QED) is 0.876. The summed E-state index contributed by atoms with van der Waals surface area (Å²) >= 11 is 0. The molecule has 2 heterocycles. The molecule has 0 amide bonds. The molecule has 5 heteroatoms. The van der Waals surface area contributed by atoms with Crippen molar-refractivity contribution in [3.05, 3.63) is 11.3 Å². The van der Waals surface area contributed by atoms with Crippen LogP contribution in [0.15, 0.2) is 0 Å². The van der Waals surface area contributed by atoms with Crippen LogP contribution in [-0.4, -0.2) is 53.4 Å². The number of aryl methyl sites for hydroxylation is 2. The molecule has 1 saturated heterocycles. The second-order valence-corrected chi connectivity index (χ2v) is 5.97. The van der Waals surface area contributed by atoms with E-state index in [1.54, 1.807) is 0 Å². The van der Waals surface area contributed by atoms with Gasteiger partial charge in [0.25, 0.3) is 0 Å². The minimum atomic E-state index is 0.173. The first-order chi connectivity index (χ1) is 8.90. The molecule has 1 aromatic heterocycles. The number of rotatable bonds is 3. The number of aromatic nitrogens is 2. The Morgan fingerprint density at radius 2 is 2.05 bits per heavy atom. The predicted octanol–water partition coefficient (Wildman–Crippen LogP) is 0.759. The molecule has 2 atom stereocenters. The highest BCUT2D eigenvalue weighted by Gasteiger charge is 2.26. The van der Waals surface area contributed by atoms with Gasteiger partial charge in [0.15, 0.2) is 0 Å². The van der Waals surface area contributed by atoms with Crippen molar-refractivity contribution < 1.29 is 0 Å². The lowest BCUT2D eigenvalue weighted by atomic mass is 10.1. The maximum atomic E-state index is 5.99. The molecule has 0 bridgehead atoms. The molecule has 1 aliphatic heterocycles. The largest absolute Gasteiger partial charge is 0.354 e.